The summed E-state index contributed by atoms with van der Waals surface area (Å²) in [6.07, 6.45) is 0. The Balaban J connectivity index is 1.92. The van der Waals surface area contributed by atoms with E-state index in [9.17, 15) is 0 Å². The average Bonchev–Trinajstić information content (AvgIpc) is 2.53. The summed E-state index contributed by atoms with van der Waals surface area (Å²) in [6.45, 7) is 3.19. The highest BCUT2D eigenvalue weighted by Crippen LogP contribution is 2.32. The molecule has 2 nitrogen and oxygen atoms in total. The average molecular weight is 323 g/mol. The zero-order chi connectivity index (χ0) is 14.9. The van der Waals surface area contributed by atoms with Gasteiger partial charge in [0.2, 0.25) is 0 Å². The number of ether oxygens (including phenoxy) is 2. The maximum Gasteiger partial charge on any atom is 0.165 e. The first kappa shape index (κ1) is 16.1. The third-order valence-electron chi connectivity index (χ3n) is 2.85. The zero-order valence-corrected chi connectivity index (χ0v) is 13.6. The minimum Gasteiger partial charge on any atom is -0.490 e. The maximum absolute atomic E-state index is 5.97. The monoisotopic (exact) mass is 322 g/mol. The van der Waals surface area contributed by atoms with Crippen molar-refractivity contribution >= 4 is 23.4 Å². The van der Waals surface area contributed by atoms with Gasteiger partial charge in [-0.2, -0.15) is 0 Å². The molecule has 0 aromatic heterocycles. The molecule has 0 aliphatic carbocycles. The smallest absolute Gasteiger partial charge is 0.165 e. The van der Waals surface area contributed by atoms with Crippen molar-refractivity contribution < 1.29 is 9.47 Å². The number of hydrogen-bond donors (Lipinski definition) is 0. The molecule has 0 spiro atoms. The highest BCUT2D eigenvalue weighted by molar-refractivity contribution is 7.99. The van der Waals surface area contributed by atoms with Crippen LogP contribution in [0.2, 0.25) is 0 Å². The lowest BCUT2D eigenvalue weighted by atomic mass is 10.2. The van der Waals surface area contributed by atoms with Gasteiger partial charge < -0.3 is 9.47 Å². The van der Waals surface area contributed by atoms with Crippen LogP contribution >= 0.6 is 23.4 Å². The molecule has 2 rings (SSSR count). The summed E-state index contributed by atoms with van der Waals surface area (Å²) in [4.78, 5) is 1.25. The highest BCUT2D eigenvalue weighted by Gasteiger charge is 2.10. The molecule has 0 heterocycles. The Morgan fingerprint density at radius 1 is 1.00 bits per heavy atom. The molecule has 4 heteroatoms. The standard InChI is InChI=1S/C17H19ClO2S/c1-2-19-16-10-6-7-14(13-18)17(16)20-11-12-21-15-8-4-3-5-9-15/h3-10H,2,11-13H2,1H3. The first-order valence-electron chi connectivity index (χ1n) is 6.96. The summed E-state index contributed by atoms with van der Waals surface area (Å²) < 4.78 is 11.5. The molecule has 0 radical (unpaired) electrons. The van der Waals surface area contributed by atoms with Crippen molar-refractivity contribution in [3.05, 3.63) is 54.1 Å². The number of rotatable bonds is 8. The van der Waals surface area contributed by atoms with Crippen molar-refractivity contribution in [2.75, 3.05) is 19.0 Å². The SMILES string of the molecule is CCOc1cccc(CCl)c1OCCSc1ccccc1. The molecule has 2 aromatic rings. The van der Waals surface area contributed by atoms with Crippen molar-refractivity contribution in [2.24, 2.45) is 0 Å². The summed E-state index contributed by atoms with van der Waals surface area (Å²) in [7, 11) is 0. The number of benzene rings is 2. The molecule has 0 aliphatic rings. The van der Waals surface area contributed by atoms with Gasteiger partial charge in [0.25, 0.3) is 0 Å². The fourth-order valence-electron chi connectivity index (χ4n) is 1.92. The summed E-state index contributed by atoms with van der Waals surface area (Å²) in [5.74, 6) is 2.83. The Kier molecular flexibility index (Phi) is 6.77. The molecule has 0 saturated carbocycles. The second kappa shape index (κ2) is 8.85. The first-order valence-corrected chi connectivity index (χ1v) is 8.48. The van der Waals surface area contributed by atoms with Gasteiger partial charge in [0.15, 0.2) is 11.5 Å². The largest absolute Gasteiger partial charge is 0.490 e. The second-order valence-corrected chi connectivity index (χ2v) is 5.76. The van der Waals surface area contributed by atoms with Gasteiger partial charge in [-0.05, 0) is 25.1 Å². The fourth-order valence-corrected chi connectivity index (χ4v) is 2.88. The molecular formula is C17H19ClO2S. The molecule has 0 saturated heterocycles. The van der Waals surface area contributed by atoms with E-state index < -0.39 is 0 Å². The molecule has 2 aromatic carbocycles. The molecule has 0 atom stereocenters. The number of thioether (sulfide) groups is 1. The van der Waals surface area contributed by atoms with Crippen LogP contribution in [0, 0.1) is 0 Å². The van der Waals surface area contributed by atoms with Gasteiger partial charge in [0, 0.05) is 16.2 Å². The van der Waals surface area contributed by atoms with Gasteiger partial charge in [-0.25, -0.2) is 0 Å². The van der Waals surface area contributed by atoms with Gasteiger partial charge in [-0.1, -0.05) is 30.3 Å². The molecule has 0 unspecified atom stereocenters. The van der Waals surface area contributed by atoms with Gasteiger partial charge in [-0.15, -0.1) is 23.4 Å². The van der Waals surface area contributed by atoms with Crippen LogP contribution in [-0.4, -0.2) is 19.0 Å². The molecule has 0 aliphatic heterocycles. The summed E-state index contributed by atoms with van der Waals surface area (Å²) in [5.41, 5.74) is 0.965. The van der Waals surface area contributed by atoms with E-state index in [1.807, 2.05) is 43.3 Å². The molecule has 21 heavy (non-hydrogen) atoms. The van der Waals surface area contributed by atoms with E-state index in [0.29, 0.717) is 19.1 Å². The van der Waals surface area contributed by atoms with Crippen molar-refractivity contribution in [1.82, 2.24) is 0 Å². The normalized spacial score (nSPS) is 10.4. The third kappa shape index (κ3) is 4.87. The molecular weight excluding hydrogens is 304 g/mol. The number of para-hydroxylation sites is 1. The van der Waals surface area contributed by atoms with Crippen molar-refractivity contribution in [1.29, 1.82) is 0 Å². The van der Waals surface area contributed by atoms with Crippen molar-refractivity contribution in [3.8, 4) is 11.5 Å². The van der Waals surface area contributed by atoms with Crippen LogP contribution in [0.5, 0.6) is 11.5 Å². The predicted molar refractivity (Wildman–Crippen MR) is 89.8 cm³/mol. The van der Waals surface area contributed by atoms with Gasteiger partial charge in [0.1, 0.15) is 0 Å². The Morgan fingerprint density at radius 2 is 1.81 bits per heavy atom. The van der Waals surface area contributed by atoms with E-state index >= 15 is 0 Å². The van der Waals surface area contributed by atoms with Gasteiger partial charge in [-0.3, -0.25) is 0 Å². The predicted octanol–water partition coefficient (Wildman–Crippen LogP) is 5.00. The van der Waals surface area contributed by atoms with E-state index in [-0.39, 0.29) is 0 Å². The highest BCUT2D eigenvalue weighted by atomic mass is 35.5. The van der Waals surface area contributed by atoms with Crippen LogP contribution in [0.4, 0.5) is 0 Å². The van der Waals surface area contributed by atoms with Crippen LogP contribution < -0.4 is 9.47 Å². The number of alkyl halides is 1. The lowest BCUT2D eigenvalue weighted by Crippen LogP contribution is -2.05. The van der Waals surface area contributed by atoms with Crippen LogP contribution in [0.1, 0.15) is 12.5 Å². The van der Waals surface area contributed by atoms with Crippen LogP contribution in [0.15, 0.2) is 53.4 Å². The molecule has 112 valence electrons. The Hall–Kier alpha value is -1.32. The van der Waals surface area contributed by atoms with E-state index in [1.54, 1.807) is 11.8 Å². The molecule has 0 fully saturated rings. The van der Waals surface area contributed by atoms with Gasteiger partial charge in [0.05, 0.1) is 19.1 Å². The number of hydrogen-bond acceptors (Lipinski definition) is 3. The minimum atomic E-state index is 0.419. The van der Waals surface area contributed by atoms with Crippen LogP contribution in [0.3, 0.4) is 0 Å². The first-order chi connectivity index (χ1) is 10.3. The zero-order valence-electron chi connectivity index (χ0n) is 12.0. The third-order valence-corrected chi connectivity index (χ3v) is 4.11. The van der Waals surface area contributed by atoms with Crippen LogP contribution in [0.25, 0.3) is 0 Å². The van der Waals surface area contributed by atoms with Crippen LogP contribution in [-0.2, 0) is 5.88 Å². The minimum absolute atomic E-state index is 0.419. The topological polar surface area (TPSA) is 18.5 Å². The van der Waals surface area contributed by atoms with Gasteiger partial charge >= 0.3 is 0 Å². The van der Waals surface area contributed by atoms with E-state index in [4.69, 9.17) is 21.1 Å². The van der Waals surface area contributed by atoms with Crippen molar-refractivity contribution in [2.45, 2.75) is 17.7 Å². The maximum atomic E-state index is 5.97. The van der Waals surface area contributed by atoms with E-state index in [1.165, 1.54) is 4.90 Å². The molecule has 0 N–H and O–H groups in total. The second-order valence-electron chi connectivity index (χ2n) is 4.32. The lowest BCUT2D eigenvalue weighted by Gasteiger charge is -2.14. The Labute approximate surface area is 135 Å². The van der Waals surface area contributed by atoms with Crippen molar-refractivity contribution in [3.63, 3.8) is 0 Å². The summed E-state index contributed by atoms with van der Waals surface area (Å²) in [5, 5.41) is 0. The van der Waals surface area contributed by atoms with E-state index in [0.717, 1.165) is 22.8 Å². The number of halogens is 1. The van der Waals surface area contributed by atoms with E-state index in [2.05, 4.69) is 12.1 Å². The Morgan fingerprint density at radius 3 is 2.52 bits per heavy atom. The Bertz CT molecular complexity index is 546. The summed E-state index contributed by atoms with van der Waals surface area (Å²) >= 11 is 7.75. The molecule has 0 amide bonds. The summed E-state index contributed by atoms with van der Waals surface area (Å²) in [6, 6.07) is 16.1. The fraction of sp³-hybridized carbons (Fsp3) is 0.294. The quantitative estimate of drug-likeness (QED) is 0.387. The molecule has 0 bridgehead atoms. The lowest BCUT2D eigenvalue weighted by molar-refractivity contribution is 0.287.